The van der Waals surface area contributed by atoms with Gasteiger partial charge in [-0.05, 0) is 43.0 Å². The Hall–Kier alpha value is -4.70. The number of amides is 2. The van der Waals surface area contributed by atoms with E-state index in [0.717, 1.165) is 41.6 Å². The first-order chi connectivity index (χ1) is 19.5. The monoisotopic (exact) mass is 538 g/mol. The van der Waals surface area contributed by atoms with Crippen LogP contribution in [0.25, 0.3) is 22.0 Å². The minimum atomic E-state index is -0.532. The molecule has 40 heavy (non-hydrogen) atoms. The summed E-state index contributed by atoms with van der Waals surface area (Å²) in [5, 5.41) is 13.3. The van der Waals surface area contributed by atoms with Crippen molar-refractivity contribution >= 4 is 34.1 Å². The molecule has 6 rings (SSSR count). The summed E-state index contributed by atoms with van der Waals surface area (Å²) in [6.45, 7) is 2.07. The zero-order valence-electron chi connectivity index (χ0n) is 22.1. The molecule has 204 valence electrons. The van der Waals surface area contributed by atoms with E-state index in [1.54, 1.807) is 11.0 Å². The molecule has 0 bridgehead atoms. The van der Waals surface area contributed by atoms with Crippen molar-refractivity contribution in [3.05, 3.63) is 88.7 Å². The first-order valence-electron chi connectivity index (χ1n) is 13.4. The van der Waals surface area contributed by atoms with Crippen LogP contribution in [0.4, 0.5) is 16.2 Å². The van der Waals surface area contributed by atoms with Crippen molar-refractivity contribution in [1.29, 1.82) is 0 Å². The van der Waals surface area contributed by atoms with E-state index in [9.17, 15) is 14.4 Å². The SMILES string of the molecule is COC(=O)N1CCC(CN2NC(C(=O)Nc3ccc(-c4n[nH]c(=O)c5ccccc45)cc3)c3ccccc32)CC1. The molecule has 1 atom stereocenters. The Kier molecular flexibility index (Phi) is 6.91. The molecule has 3 N–H and O–H groups in total. The molecule has 2 aliphatic rings. The van der Waals surface area contributed by atoms with Crippen molar-refractivity contribution < 1.29 is 14.3 Å². The second-order valence-corrected chi connectivity index (χ2v) is 10.1. The number of rotatable bonds is 5. The Balaban J connectivity index is 1.14. The number of aromatic nitrogens is 2. The predicted octanol–water partition coefficient (Wildman–Crippen LogP) is 4.07. The fourth-order valence-electron chi connectivity index (χ4n) is 5.57. The molecule has 1 fully saturated rings. The van der Waals surface area contributed by atoms with Crippen molar-refractivity contribution in [1.82, 2.24) is 20.5 Å². The van der Waals surface area contributed by atoms with Crippen molar-refractivity contribution in [3.63, 3.8) is 0 Å². The molecule has 3 heterocycles. The quantitative estimate of drug-likeness (QED) is 0.350. The second-order valence-electron chi connectivity index (χ2n) is 10.1. The molecular weight excluding hydrogens is 508 g/mol. The molecule has 1 aromatic heterocycles. The average molecular weight is 539 g/mol. The van der Waals surface area contributed by atoms with Gasteiger partial charge in [0.25, 0.3) is 5.56 Å². The van der Waals surface area contributed by atoms with Gasteiger partial charge in [-0.2, -0.15) is 5.10 Å². The topological polar surface area (TPSA) is 120 Å². The van der Waals surface area contributed by atoms with E-state index in [0.29, 0.717) is 35.8 Å². The second kappa shape index (κ2) is 10.8. The first kappa shape index (κ1) is 25.6. The van der Waals surface area contributed by atoms with Gasteiger partial charge >= 0.3 is 6.09 Å². The van der Waals surface area contributed by atoms with E-state index in [4.69, 9.17) is 4.74 Å². The Morgan fingerprint density at radius 3 is 2.42 bits per heavy atom. The number of ether oxygens (including phenoxy) is 1. The highest BCUT2D eigenvalue weighted by atomic mass is 16.5. The third-order valence-electron chi connectivity index (χ3n) is 7.70. The maximum atomic E-state index is 13.4. The number of nitrogens with one attached hydrogen (secondary N) is 3. The smallest absolute Gasteiger partial charge is 0.409 e. The molecule has 10 nitrogen and oxygen atoms in total. The van der Waals surface area contributed by atoms with Crippen LogP contribution in [0.1, 0.15) is 24.4 Å². The zero-order chi connectivity index (χ0) is 27.6. The van der Waals surface area contributed by atoms with E-state index < -0.39 is 6.04 Å². The van der Waals surface area contributed by atoms with E-state index >= 15 is 0 Å². The van der Waals surface area contributed by atoms with Gasteiger partial charge in [0.1, 0.15) is 6.04 Å². The van der Waals surface area contributed by atoms with E-state index in [1.165, 1.54) is 7.11 Å². The first-order valence-corrected chi connectivity index (χ1v) is 13.4. The normalized spacial score (nSPS) is 17.1. The minimum absolute atomic E-state index is 0.157. The lowest BCUT2D eigenvalue weighted by Gasteiger charge is -2.33. The lowest BCUT2D eigenvalue weighted by molar-refractivity contribution is -0.118. The van der Waals surface area contributed by atoms with Gasteiger partial charge in [-0.3, -0.25) is 9.59 Å². The number of hydrogen-bond acceptors (Lipinski definition) is 7. The molecule has 3 aromatic carbocycles. The standard InChI is InChI=1S/C30H30N6O4/c1-40-30(39)35-16-14-19(15-17-35)18-36-25-9-5-4-8-24(25)27(34-36)29(38)31-21-12-10-20(11-13-21)26-22-6-2-3-7-23(22)28(37)33-32-26/h2-13,19,27,34H,14-18H2,1H3,(H,31,38)(H,33,37). The zero-order valence-corrected chi connectivity index (χ0v) is 22.1. The molecule has 2 aliphatic heterocycles. The summed E-state index contributed by atoms with van der Waals surface area (Å²) in [5.74, 6) is 0.226. The highest BCUT2D eigenvalue weighted by molar-refractivity contribution is 5.98. The number of nitrogens with zero attached hydrogens (tertiary/aromatic N) is 3. The number of para-hydroxylation sites is 1. The molecule has 1 unspecified atom stereocenters. The van der Waals surface area contributed by atoms with Gasteiger partial charge in [0.2, 0.25) is 5.91 Å². The van der Waals surface area contributed by atoms with Crippen molar-refractivity contribution in [2.24, 2.45) is 5.92 Å². The number of hydrazine groups is 1. The Labute approximate surface area is 230 Å². The molecule has 10 heteroatoms. The number of likely N-dealkylation sites (tertiary alicyclic amines) is 1. The highest BCUT2D eigenvalue weighted by Crippen LogP contribution is 2.35. The molecule has 0 radical (unpaired) electrons. The summed E-state index contributed by atoms with van der Waals surface area (Å²) in [5.41, 5.74) is 7.26. The van der Waals surface area contributed by atoms with Crippen LogP contribution in [-0.4, -0.2) is 53.8 Å². The molecule has 0 spiro atoms. The van der Waals surface area contributed by atoms with Crippen LogP contribution < -0.4 is 21.3 Å². The van der Waals surface area contributed by atoms with Crippen molar-refractivity contribution in [2.45, 2.75) is 18.9 Å². The van der Waals surface area contributed by atoms with Gasteiger partial charge in [0.05, 0.1) is 23.9 Å². The Bertz CT molecular complexity index is 1610. The molecule has 4 aromatic rings. The summed E-state index contributed by atoms with van der Waals surface area (Å²) in [6, 6.07) is 22.2. The molecule has 1 saturated heterocycles. The number of carbonyl (C=O) groups excluding carboxylic acids is 2. The summed E-state index contributed by atoms with van der Waals surface area (Å²) in [6.07, 6.45) is 1.46. The van der Waals surface area contributed by atoms with Crippen LogP contribution in [0.3, 0.4) is 0 Å². The number of benzene rings is 3. The molecule has 0 aliphatic carbocycles. The minimum Gasteiger partial charge on any atom is -0.453 e. The van der Waals surface area contributed by atoms with Gasteiger partial charge in [-0.25, -0.2) is 15.3 Å². The number of anilines is 2. The number of carbonyl (C=O) groups is 2. The van der Waals surface area contributed by atoms with Gasteiger partial charge in [0.15, 0.2) is 0 Å². The highest BCUT2D eigenvalue weighted by Gasteiger charge is 2.35. The number of fused-ring (bicyclic) bond motifs is 2. The third kappa shape index (κ3) is 4.89. The summed E-state index contributed by atoms with van der Waals surface area (Å²) in [7, 11) is 1.41. The van der Waals surface area contributed by atoms with Crippen LogP contribution in [0.15, 0.2) is 77.6 Å². The summed E-state index contributed by atoms with van der Waals surface area (Å²) < 4.78 is 4.85. The fraction of sp³-hybridized carbons (Fsp3) is 0.267. The predicted molar refractivity (Wildman–Crippen MR) is 153 cm³/mol. The number of aromatic amines is 1. The van der Waals surface area contributed by atoms with Gasteiger partial charge in [0, 0.05) is 41.8 Å². The molecule has 2 amide bonds. The van der Waals surface area contributed by atoms with E-state index in [2.05, 4.69) is 25.9 Å². The fourth-order valence-corrected chi connectivity index (χ4v) is 5.57. The van der Waals surface area contributed by atoms with E-state index in [1.807, 2.05) is 66.7 Å². The number of H-pyrrole nitrogens is 1. The van der Waals surface area contributed by atoms with Crippen LogP contribution >= 0.6 is 0 Å². The molecular formula is C30H30N6O4. The number of piperidine rings is 1. The molecule has 0 saturated carbocycles. The summed E-state index contributed by atoms with van der Waals surface area (Å²) >= 11 is 0. The van der Waals surface area contributed by atoms with Crippen LogP contribution in [0.5, 0.6) is 0 Å². The largest absolute Gasteiger partial charge is 0.453 e. The third-order valence-corrected chi connectivity index (χ3v) is 7.70. The van der Waals surface area contributed by atoms with Crippen LogP contribution in [0.2, 0.25) is 0 Å². The number of methoxy groups -OCH3 is 1. The van der Waals surface area contributed by atoms with Crippen LogP contribution in [0, 0.1) is 5.92 Å². The van der Waals surface area contributed by atoms with Crippen molar-refractivity contribution in [2.75, 3.05) is 37.1 Å². The Morgan fingerprint density at radius 1 is 0.975 bits per heavy atom. The maximum absolute atomic E-state index is 13.4. The van der Waals surface area contributed by atoms with Crippen LogP contribution in [-0.2, 0) is 9.53 Å². The van der Waals surface area contributed by atoms with Gasteiger partial charge < -0.3 is 20.0 Å². The Morgan fingerprint density at radius 2 is 1.68 bits per heavy atom. The number of hydrogen-bond donors (Lipinski definition) is 3. The van der Waals surface area contributed by atoms with Gasteiger partial charge in [-0.15, -0.1) is 0 Å². The summed E-state index contributed by atoms with van der Waals surface area (Å²) in [4.78, 5) is 39.1. The van der Waals surface area contributed by atoms with Crippen molar-refractivity contribution in [3.8, 4) is 11.3 Å². The lowest BCUT2D eigenvalue weighted by Crippen LogP contribution is -2.45. The lowest BCUT2D eigenvalue weighted by atomic mass is 9.96. The van der Waals surface area contributed by atoms with Gasteiger partial charge in [-0.1, -0.05) is 48.5 Å². The average Bonchev–Trinajstić information content (AvgIpc) is 3.36. The maximum Gasteiger partial charge on any atom is 0.409 e. The van der Waals surface area contributed by atoms with E-state index in [-0.39, 0.29) is 17.6 Å².